The lowest BCUT2D eigenvalue weighted by atomic mass is 10.2. The van der Waals surface area contributed by atoms with E-state index in [1.807, 2.05) is 0 Å². The minimum Gasteiger partial charge on any atom is -0.431 e. The molecule has 0 aliphatic carbocycles. The van der Waals surface area contributed by atoms with E-state index in [1.165, 1.54) is 12.1 Å². The van der Waals surface area contributed by atoms with Crippen LogP contribution in [0.1, 0.15) is 43.4 Å². The quantitative estimate of drug-likeness (QED) is 0.411. The van der Waals surface area contributed by atoms with E-state index in [1.54, 1.807) is 63.2 Å². The van der Waals surface area contributed by atoms with Gasteiger partial charge in [0.25, 0.3) is 5.91 Å². The molecule has 1 aromatic heterocycles. The lowest BCUT2D eigenvalue weighted by Gasteiger charge is -2.35. The molecule has 1 unspecified atom stereocenters. The Hall–Kier alpha value is -3.70. The van der Waals surface area contributed by atoms with E-state index in [0.29, 0.717) is 30.9 Å². The summed E-state index contributed by atoms with van der Waals surface area (Å²) in [7, 11) is 0. The van der Waals surface area contributed by atoms with Crippen LogP contribution in [0.25, 0.3) is 11.5 Å². The predicted molar refractivity (Wildman–Crippen MR) is 137 cm³/mol. The number of hydrogen-bond donors (Lipinski definition) is 2. The van der Waals surface area contributed by atoms with Gasteiger partial charge in [0.1, 0.15) is 17.8 Å². The molecule has 0 bridgehead atoms. The lowest BCUT2D eigenvalue weighted by molar-refractivity contribution is -0.153. The first-order valence-electron chi connectivity index (χ1n) is 12.3. The van der Waals surface area contributed by atoms with Gasteiger partial charge in [0.15, 0.2) is 5.69 Å². The maximum absolute atomic E-state index is 13.6. The van der Waals surface area contributed by atoms with Crippen molar-refractivity contribution >= 4 is 23.4 Å². The molecule has 1 aliphatic heterocycles. The topological polar surface area (TPSA) is 93.5 Å². The minimum absolute atomic E-state index is 0.0412. The molecular weight excluding hydrogens is 501 g/mol. The third kappa shape index (κ3) is 6.05. The molecule has 11 heteroatoms. The number of anilines is 1. The van der Waals surface area contributed by atoms with Gasteiger partial charge in [-0.1, -0.05) is 18.2 Å². The van der Waals surface area contributed by atoms with Crippen molar-refractivity contribution in [3.8, 4) is 11.5 Å². The van der Waals surface area contributed by atoms with Crippen molar-refractivity contribution in [1.82, 2.24) is 14.8 Å². The Bertz CT molecular complexity index is 1270. The van der Waals surface area contributed by atoms with Gasteiger partial charge in [0.05, 0.1) is 6.54 Å². The maximum atomic E-state index is 13.6. The number of nitrogens with zero attached hydrogens (tertiary/aromatic N) is 2. The molecule has 1 aliphatic rings. The second-order valence-corrected chi connectivity index (χ2v) is 10.1. The number of halogens is 3. The lowest BCUT2D eigenvalue weighted by Crippen LogP contribution is -2.57. The summed E-state index contributed by atoms with van der Waals surface area (Å²) in [6, 6.07) is 14.5. The summed E-state index contributed by atoms with van der Waals surface area (Å²) in [6.45, 7) is 7.77. The van der Waals surface area contributed by atoms with E-state index in [0.717, 1.165) is 13.0 Å². The predicted octanol–water partition coefficient (Wildman–Crippen LogP) is 5.85. The first kappa shape index (κ1) is 27.3. The molecule has 1 saturated heterocycles. The first-order valence-corrected chi connectivity index (χ1v) is 12.3. The molecule has 3 aromatic rings. The van der Waals surface area contributed by atoms with Gasteiger partial charge >= 0.3 is 12.3 Å². The van der Waals surface area contributed by atoms with Crippen LogP contribution >= 0.6 is 0 Å². The Balaban J connectivity index is 1.60. The van der Waals surface area contributed by atoms with Crippen molar-refractivity contribution in [2.75, 3.05) is 31.5 Å². The number of hydrogen-bond acceptors (Lipinski definition) is 6. The fourth-order valence-corrected chi connectivity index (χ4v) is 4.27. The van der Waals surface area contributed by atoms with Gasteiger partial charge in [0.2, 0.25) is 11.7 Å². The van der Waals surface area contributed by atoms with Crippen molar-refractivity contribution in [2.45, 2.75) is 39.0 Å². The normalized spacial score (nSPS) is 18.5. The van der Waals surface area contributed by atoms with Crippen LogP contribution in [-0.2, 0) is 10.9 Å². The largest absolute Gasteiger partial charge is 0.521 e. The van der Waals surface area contributed by atoms with Crippen LogP contribution in [0.5, 0.6) is 0 Å². The first-order chi connectivity index (χ1) is 17.9. The van der Waals surface area contributed by atoms with Gasteiger partial charge in [0, 0.05) is 42.9 Å². The van der Waals surface area contributed by atoms with Crippen LogP contribution in [0.15, 0.2) is 59.0 Å². The number of amides is 2. The molecular formula is C27H30F3N4O4+. The molecule has 0 spiro atoms. The highest BCUT2D eigenvalue weighted by Crippen LogP contribution is 2.36. The van der Waals surface area contributed by atoms with Crippen molar-refractivity contribution in [1.29, 1.82) is 0 Å². The number of nitrogens with one attached hydrogen (secondary N) is 2. The number of carbonyl (C=O) groups excluding carboxylic acids is 2. The highest BCUT2D eigenvalue weighted by Gasteiger charge is 2.44. The average Bonchev–Trinajstić information content (AvgIpc) is 3.17. The number of carbonyl (C=O) groups is 2. The fraction of sp³-hybridized carbons (Fsp3) is 0.370. The third-order valence-electron chi connectivity index (χ3n) is 6.05. The van der Waals surface area contributed by atoms with Crippen LogP contribution in [-0.4, -0.2) is 48.8 Å². The molecule has 1 fully saturated rings. The smallest absolute Gasteiger partial charge is 0.431 e. The summed E-state index contributed by atoms with van der Waals surface area (Å²) in [5.41, 5.74) is -0.334. The molecule has 202 valence electrons. The standard InChI is InChI=1S/C27H29F3N4O4/c1-26(2,3)38-25(36)34(16-7-14-31-15-17-34)20-12-10-19(11-13-20)32-23(35)21-22(27(28,29)30)37-24(33-21)18-8-5-4-6-9-18/h4-6,8-13,31H,7,14-17H2,1-3H3/p+1. The highest BCUT2D eigenvalue weighted by molar-refractivity contribution is 6.04. The Morgan fingerprint density at radius 2 is 1.68 bits per heavy atom. The fourth-order valence-electron chi connectivity index (χ4n) is 4.27. The van der Waals surface area contributed by atoms with Crippen LogP contribution in [0, 0.1) is 0 Å². The number of aromatic nitrogens is 1. The van der Waals surface area contributed by atoms with Crippen LogP contribution in [0.2, 0.25) is 0 Å². The van der Waals surface area contributed by atoms with Crippen molar-refractivity contribution < 1.29 is 31.9 Å². The van der Waals surface area contributed by atoms with E-state index in [9.17, 15) is 22.8 Å². The number of quaternary nitrogens is 1. The third-order valence-corrected chi connectivity index (χ3v) is 6.05. The second kappa shape index (κ2) is 10.6. The van der Waals surface area contributed by atoms with E-state index in [-0.39, 0.29) is 22.2 Å². The molecule has 1 atom stereocenters. The minimum atomic E-state index is -4.92. The Morgan fingerprint density at radius 1 is 1.00 bits per heavy atom. The average molecular weight is 532 g/mol. The zero-order chi connectivity index (χ0) is 27.6. The monoisotopic (exact) mass is 531 g/mol. The van der Waals surface area contributed by atoms with Crippen molar-refractivity contribution in [3.63, 3.8) is 0 Å². The Morgan fingerprint density at radius 3 is 2.32 bits per heavy atom. The number of ether oxygens (including phenoxy) is 1. The number of alkyl halides is 3. The molecule has 0 saturated carbocycles. The summed E-state index contributed by atoms with van der Waals surface area (Å²) in [5.74, 6) is -2.85. The van der Waals surface area contributed by atoms with Crippen LogP contribution < -0.4 is 15.1 Å². The summed E-state index contributed by atoms with van der Waals surface area (Å²) in [6.07, 6.45) is -4.56. The zero-order valence-electron chi connectivity index (χ0n) is 21.4. The van der Waals surface area contributed by atoms with Crippen molar-refractivity contribution in [3.05, 3.63) is 66.1 Å². The van der Waals surface area contributed by atoms with Crippen LogP contribution in [0.3, 0.4) is 0 Å². The van der Waals surface area contributed by atoms with E-state index in [2.05, 4.69) is 15.6 Å². The molecule has 38 heavy (non-hydrogen) atoms. The van der Waals surface area contributed by atoms with Gasteiger partial charge in [-0.05, 0) is 45.0 Å². The molecule has 0 radical (unpaired) electrons. The number of benzene rings is 2. The zero-order valence-corrected chi connectivity index (χ0v) is 21.4. The SMILES string of the molecule is CC(C)(C)OC(=O)[N+]1(c2ccc(NC(=O)c3nc(-c4ccccc4)oc3C(F)(F)F)cc2)CCCNCC1. The summed E-state index contributed by atoms with van der Waals surface area (Å²) < 4.78 is 51.6. The van der Waals surface area contributed by atoms with Gasteiger partial charge in [-0.25, -0.2) is 4.98 Å². The molecule has 4 rings (SSSR count). The molecule has 8 nitrogen and oxygen atoms in total. The van der Waals surface area contributed by atoms with Gasteiger partial charge < -0.3 is 19.8 Å². The van der Waals surface area contributed by atoms with Crippen molar-refractivity contribution in [2.24, 2.45) is 0 Å². The maximum Gasteiger partial charge on any atom is 0.521 e. The molecule has 2 amide bonds. The van der Waals surface area contributed by atoms with Gasteiger partial charge in [-0.3, -0.25) is 4.79 Å². The Labute approximate surface area is 218 Å². The second-order valence-electron chi connectivity index (χ2n) is 10.1. The Kier molecular flexibility index (Phi) is 7.61. The molecule has 2 N–H and O–H groups in total. The molecule has 2 aromatic carbocycles. The summed E-state index contributed by atoms with van der Waals surface area (Å²) in [4.78, 5) is 30.0. The van der Waals surface area contributed by atoms with E-state index < -0.39 is 29.1 Å². The van der Waals surface area contributed by atoms with Gasteiger partial charge in [-0.15, -0.1) is 0 Å². The van der Waals surface area contributed by atoms with E-state index in [4.69, 9.17) is 9.15 Å². The number of oxazole rings is 1. The van der Waals surface area contributed by atoms with Crippen LogP contribution in [0.4, 0.5) is 29.3 Å². The summed E-state index contributed by atoms with van der Waals surface area (Å²) >= 11 is 0. The van der Waals surface area contributed by atoms with E-state index >= 15 is 0 Å². The van der Waals surface area contributed by atoms with Gasteiger partial charge in [-0.2, -0.15) is 22.4 Å². The number of rotatable bonds is 4. The summed E-state index contributed by atoms with van der Waals surface area (Å²) in [5, 5.41) is 5.75. The highest BCUT2D eigenvalue weighted by atomic mass is 19.4. The molecule has 2 heterocycles.